The summed E-state index contributed by atoms with van der Waals surface area (Å²) in [5.74, 6) is 0.633. The lowest BCUT2D eigenvalue weighted by Crippen LogP contribution is -2.48. The molecule has 8 nitrogen and oxygen atoms in total. The van der Waals surface area contributed by atoms with Crippen LogP contribution in [0, 0.1) is 0 Å². The first kappa shape index (κ1) is 20.1. The fraction of sp³-hybridized carbons (Fsp3) is 0.619. The van der Waals surface area contributed by atoms with Crippen molar-refractivity contribution in [1.29, 1.82) is 0 Å². The third kappa shape index (κ3) is 4.88. The predicted octanol–water partition coefficient (Wildman–Crippen LogP) is 1.16. The Hall–Kier alpha value is -2.16. The molecule has 0 bridgehead atoms. The molecule has 2 saturated heterocycles. The molecule has 1 N–H and O–H groups in total. The van der Waals surface area contributed by atoms with Crippen LogP contribution in [0.5, 0.6) is 5.75 Å². The number of anilines is 1. The van der Waals surface area contributed by atoms with Gasteiger partial charge < -0.3 is 24.3 Å². The Labute approximate surface area is 171 Å². The van der Waals surface area contributed by atoms with Gasteiger partial charge in [-0.25, -0.2) is 4.98 Å². The van der Waals surface area contributed by atoms with E-state index in [1.54, 1.807) is 0 Å². The first-order valence-electron chi connectivity index (χ1n) is 10.5. The number of hydrogen-bond acceptors (Lipinski definition) is 7. The summed E-state index contributed by atoms with van der Waals surface area (Å²) in [6.45, 7) is 7.55. The summed E-state index contributed by atoms with van der Waals surface area (Å²) in [7, 11) is 4.22. The Bertz CT molecular complexity index is 870. The first-order valence-corrected chi connectivity index (χ1v) is 10.5. The minimum atomic E-state index is -0.155. The second-order valence-corrected chi connectivity index (χ2v) is 8.13. The maximum atomic E-state index is 12.5. The molecule has 0 saturated carbocycles. The molecule has 1 aromatic carbocycles. The van der Waals surface area contributed by atoms with Crippen LogP contribution in [0.15, 0.2) is 23.3 Å². The third-order valence-corrected chi connectivity index (χ3v) is 5.76. The highest BCUT2D eigenvalue weighted by molar-refractivity contribution is 5.88. The lowest BCUT2D eigenvalue weighted by molar-refractivity contribution is 0.0262. The molecule has 2 aromatic rings. The van der Waals surface area contributed by atoms with E-state index >= 15 is 0 Å². The van der Waals surface area contributed by atoms with Crippen molar-refractivity contribution in [1.82, 2.24) is 19.8 Å². The predicted molar refractivity (Wildman–Crippen MR) is 114 cm³/mol. The van der Waals surface area contributed by atoms with Crippen LogP contribution in [-0.4, -0.2) is 92.4 Å². The smallest absolute Gasteiger partial charge is 0.262 e. The molecule has 3 heterocycles. The zero-order valence-electron chi connectivity index (χ0n) is 17.4. The van der Waals surface area contributed by atoms with E-state index in [0.29, 0.717) is 29.9 Å². The zero-order chi connectivity index (χ0) is 20.2. The summed E-state index contributed by atoms with van der Waals surface area (Å²) in [4.78, 5) is 26.7. The molecule has 4 rings (SSSR count). The van der Waals surface area contributed by atoms with Gasteiger partial charge >= 0.3 is 0 Å². The molecular formula is C21H31N5O3. The van der Waals surface area contributed by atoms with Crippen molar-refractivity contribution in [2.45, 2.75) is 18.9 Å². The van der Waals surface area contributed by atoms with E-state index in [2.05, 4.69) is 38.8 Å². The minimum Gasteiger partial charge on any atom is -0.489 e. The Morgan fingerprint density at radius 1 is 1.21 bits per heavy atom. The molecule has 2 aliphatic heterocycles. The lowest BCUT2D eigenvalue weighted by atomic mass is 10.1. The van der Waals surface area contributed by atoms with E-state index in [4.69, 9.17) is 9.47 Å². The normalized spacial score (nSPS) is 19.2. The molecule has 158 valence electrons. The van der Waals surface area contributed by atoms with Crippen LogP contribution in [0.3, 0.4) is 0 Å². The topological polar surface area (TPSA) is 73.9 Å². The number of benzene rings is 1. The van der Waals surface area contributed by atoms with Crippen molar-refractivity contribution in [2.24, 2.45) is 0 Å². The summed E-state index contributed by atoms with van der Waals surface area (Å²) in [6.07, 6.45) is 3.22. The van der Waals surface area contributed by atoms with E-state index in [1.807, 2.05) is 12.1 Å². The van der Waals surface area contributed by atoms with Gasteiger partial charge in [0.1, 0.15) is 17.2 Å². The molecule has 2 aliphatic rings. The zero-order valence-corrected chi connectivity index (χ0v) is 17.4. The second kappa shape index (κ2) is 9.11. The number of H-pyrrole nitrogens is 1. The summed E-state index contributed by atoms with van der Waals surface area (Å²) in [5.41, 5.74) is 1.60. The number of nitrogens with zero attached hydrogens (tertiary/aromatic N) is 4. The molecule has 8 heteroatoms. The van der Waals surface area contributed by atoms with Crippen LogP contribution in [0.2, 0.25) is 0 Å². The Morgan fingerprint density at radius 3 is 2.69 bits per heavy atom. The molecule has 2 fully saturated rings. The summed E-state index contributed by atoms with van der Waals surface area (Å²) >= 11 is 0. The van der Waals surface area contributed by atoms with Crippen LogP contribution in [0.4, 0.5) is 5.69 Å². The number of likely N-dealkylation sites (N-methyl/N-ethyl adjacent to an activating group) is 1. The highest BCUT2D eigenvalue weighted by Crippen LogP contribution is 2.31. The van der Waals surface area contributed by atoms with Crippen LogP contribution in [0.25, 0.3) is 10.9 Å². The summed E-state index contributed by atoms with van der Waals surface area (Å²) in [5, 5.41) is 0.535. The fourth-order valence-corrected chi connectivity index (χ4v) is 3.97. The number of fused-ring (bicyclic) bond motifs is 1. The van der Waals surface area contributed by atoms with Crippen molar-refractivity contribution in [3.63, 3.8) is 0 Å². The largest absolute Gasteiger partial charge is 0.489 e. The molecule has 1 aromatic heterocycles. The Balaban J connectivity index is 1.55. The molecule has 0 unspecified atom stereocenters. The average molecular weight is 402 g/mol. The minimum absolute atomic E-state index is 0.0738. The number of ether oxygens (including phenoxy) is 2. The van der Waals surface area contributed by atoms with Crippen molar-refractivity contribution >= 4 is 16.6 Å². The second-order valence-electron chi connectivity index (χ2n) is 8.13. The van der Waals surface area contributed by atoms with Gasteiger partial charge in [-0.1, -0.05) is 0 Å². The van der Waals surface area contributed by atoms with Crippen LogP contribution in [0.1, 0.15) is 12.8 Å². The van der Waals surface area contributed by atoms with E-state index in [-0.39, 0.29) is 11.7 Å². The van der Waals surface area contributed by atoms with Gasteiger partial charge in [-0.2, -0.15) is 0 Å². The van der Waals surface area contributed by atoms with Crippen LogP contribution in [-0.2, 0) is 4.74 Å². The van der Waals surface area contributed by atoms with Crippen LogP contribution < -0.4 is 15.2 Å². The van der Waals surface area contributed by atoms with Gasteiger partial charge in [0.25, 0.3) is 5.56 Å². The molecule has 0 spiro atoms. The van der Waals surface area contributed by atoms with Crippen LogP contribution >= 0.6 is 0 Å². The SMILES string of the molecule is CN(C)CCN1CCN(c2cc(OC3CCOCC3)c3c(=O)[nH]cnc3c2)CC1. The van der Waals surface area contributed by atoms with Crippen molar-refractivity contribution in [2.75, 3.05) is 71.5 Å². The highest BCUT2D eigenvalue weighted by atomic mass is 16.5. The van der Waals surface area contributed by atoms with Crippen molar-refractivity contribution in [3.05, 3.63) is 28.8 Å². The van der Waals surface area contributed by atoms with E-state index < -0.39 is 0 Å². The van der Waals surface area contributed by atoms with Gasteiger partial charge in [-0.3, -0.25) is 9.69 Å². The molecule has 0 aliphatic carbocycles. The Morgan fingerprint density at radius 2 is 1.97 bits per heavy atom. The summed E-state index contributed by atoms with van der Waals surface area (Å²) in [6, 6.07) is 4.03. The van der Waals surface area contributed by atoms with Gasteiger partial charge in [0.2, 0.25) is 0 Å². The molecule has 0 atom stereocenters. The monoisotopic (exact) mass is 401 g/mol. The Kier molecular flexibility index (Phi) is 6.32. The standard InChI is InChI=1S/C21H31N5O3/c1-24(2)5-6-25-7-9-26(10-8-25)16-13-18-20(21(27)23-15-22-18)19(14-16)29-17-3-11-28-12-4-17/h13-15,17H,3-12H2,1-2H3,(H,22,23,27). The number of rotatable bonds is 6. The number of piperazine rings is 1. The number of aromatic amines is 1. The maximum Gasteiger partial charge on any atom is 0.262 e. The van der Waals surface area contributed by atoms with Crippen molar-refractivity contribution in [3.8, 4) is 5.75 Å². The van der Waals surface area contributed by atoms with E-state index in [0.717, 1.165) is 57.8 Å². The maximum absolute atomic E-state index is 12.5. The average Bonchev–Trinajstić information content (AvgIpc) is 2.73. The third-order valence-electron chi connectivity index (χ3n) is 5.76. The van der Waals surface area contributed by atoms with E-state index in [1.165, 1.54) is 6.33 Å². The van der Waals surface area contributed by atoms with Gasteiger partial charge in [-0.15, -0.1) is 0 Å². The highest BCUT2D eigenvalue weighted by Gasteiger charge is 2.22. The molecule has 0 amide bonds. The number of nitrogens with one attached hydrogen (secondary N) is 1. The molecule has 29 heavy (non-hydrogen) atoms. The van der Waals surface area contributed by atoms with Crippen molar-refractivity contribution < 1.29 is 9.47 Å². The van der Waals surface area contributed by atoms with E-state index in [9.17, 15) is 4.79 Å². The summed E-state index contributed by atoms with van der Waals surface area (Å²) < 4.78 is 11.7. The van der Waals surface area contributed by atoms with Gasteiger partial charge in [0.15, 0.2) is 0 Å². The fourth-order valence-electron chi connectivity index (χ4n) is 3.97. The van der Waals surface area contributed by atoms with Gasteiger partial charge in [0.05, 0.1) is 25.1 Å². The van der Waals surface area contributed by atoms with Gasteiger partial charge in [0, 0.05) is 63.9 Å². The first-order chi connectivity index (χ1) is 14.1. The number of hydrogen-bond donors (Lipinski definition) is 1. The lowest BCUT2D eigenvalue weighted by Gasteiger charge is -2.36. The number of aromatic nitrogens is 2. The quantitative estimate of drug-likeness (QED) is 0.779. The molecule has 0 radical (unpaired) electrons. The molecular weight excluding hydrogens is 370 g/mol. The van der Waals surface area contributed by atoms with Gasteiger partial charge in [-0.05, 0) is 20.2 Å².